The number of carbonyl (C=O) groups excluding carboxylic acids is 1. The molecule has 1 amide bonds. The van der Waals surface area contributed by atoms with Gasteiger partial charge in [-0.1, -0.05) is 11.3 Å². The molecule has 1 unspecified atom stereocenters. The molecule has 1 saturated heterocycles. The number of amides is 1. The van der Waals surface area contributed by atoms with Gasteiger partial charge in [-0.3, -0.25) is 9.69 Å². The number of aromatic nitrogens is 1. The van der Waals surface area contributed by atoms with Crippen LogP contribution in [0.2, 0.25) is 0 Å². The molecule has 4 rings (SSSR count). The highest BCUT2D eigenvalue weighted by Crippen LogP contribution is 2.32. The van der Waals surface area contributed by atoms with E-state index in [-0.39, 0.29) is 16.9 Å². The topological polar surface area (TPSA) is 92.3 Å². The van der Waals surface area contributed by atoms with Crippen LogP contribution in [0.15, 0.2) is 47.4 Å². The van der Waals surface area contributed by atoms with E-state index in [1.54, 1.807) is 31.2 Å². The van der Waals surface area contributed by atoms with Crippen LogP contribution in [0.3, 0.4) is 0 Å². The zero-order valence-corrected chi connectivity index (χ0v) is 22.6. The molecule has 1 atom stereocenters. The van der Waals surface area contributed by atoms with Crippen molar-refractivity contribution in [2.75, 3.05) is 59.4 Å². The van der Waals surface area contributed by atoms with E-state index in [0.29, 0.717) is 42.7 Å². The van der Waals surface area contributed by atoms with Gasteiger partial charge in [0, 0.05) is 44.9 Å². The second-order valence-electron chi connectivity index (χ2n) is 9.04. The van der Waals surface area contributed by atoms with Crippen LogP contribution < -0.4 is 9.64 Å². The summed E-state index contributed by atoms with van der Waals surface area (Å²) in [5.41, 5.74) is 1.15. The molecule has 1 fully saturated rings. The Bertz CT molecular complexity index is 1300. The van der Waals surface area contributed by atoms with Crippen LogP contribution in [0.25, 0.3) is 10.2 Å². The summed E-state index contributed by atoms with van der Waals surface area (Å²) in [6.45, 7) is 2.06. The van der Waals surface area contributed by atoms with E-state index in [2.05, 4.69) is 4.98 Å². The van der Waals surface area contributed by atoms with E-state index in [4.69, 9.17) is 9.47 Å². The molecule has 0 bridgehead atoms. The van der Waals surface area contributed by atoms with Crippen molar-refractivity contribution in [1.82, 2.24) is 14.2 Å². The lowest BCUT2D eigenvalue weighted by Crippen LogP contribution is -2.37. The first-order valence-corrected chi connectivity index (χ1v) is 14.0. The normalized spacial score (nSPS) is 16.2. The maximum Gasteiger partial charge on any atom is 0.260 e. The quantitative estimate of drug-likeness (QED) is 0.396. The van der Waals surface area contributed by atoms with Crippen LogP contribution >= 0.6 is 11.3 Å². The first kappa shape index (κ1) is 26.5. The minimum Gasteiger partial charge on any atom is -0.497 e. The number of rotatable bonds is 10. The van der Waals surface area contributed by atoms with E-state index in [9.17, 15) is 13.2 Å². The van der Waals surface area contributed by atoms with Crippen molar-refractivity contribution < 1.29 is 22.7 Å². The SMILES string of the molecule is COc1ccc2sc(N(CCN(C)C)C(=O)c3ccc(S(=O)(=O)N(C)CC4CCCO4)cc3)nc2c1. The van der Waals surface area contributed by atoms with Crippen molar-refractivity contribution in [1.29, 1.82) is 0 Å². The summed E-state index contributed by atoms with van der Waals surface area (Å²) >= 11 is 1.43. The molecule has 2 aromatic carbocycles. The van der Waals surface area contributed by atoms with Crippen LogP contribution in [0.5, 0.6) is 5.75 Å². The fourth-order valence-electron chi connectivity index (χ4n) is 4.00. The molecule has 3 aromatic rings. The molecule has 0 N–H and O–H groups in total. The van der Waals surface area contributed by atoms with E-state index >= 15 is 0 Å². The number of anilines is 1. The van der Waals surface area contributed by atoms with Crippen molar-refractivity contribution in [3.8, 4) is 5.75 Å². The van der Waals surface area contributed by atoms with Crippen LogP contribution in [0, 0.1) is 0 Å². The molecule has 9 nitrogen and oxygen atoms in total. The number of sulfonamides is 1. The van der Waals surface area contributed by atoms with Crippen molar-refractivity contribution in [3.05, 3.63) is 48.0 Å². The largest absolute Gasteiger partial charge is 0.497 e. The van der Waals surface area contributed by atoms with Crippen molar-refractivity contribution >= 4 is 42.6 Å². The van der Waals surface area contributed by atoms with Gasteiger partial charge in [-0.15, -0.1) is 0 Å². The third kappa shape index (κ3) is 5.87. The summed E-state index contributed by atoms with van der Waals surface area (Å²) < 4.78 is 39.2. The highest BCUT2D eigenvalue weighted by molar-refractivity contribution is 7.89. The Kier molecular flexibility index (Phi) is 8.26. The second-order valence-corrected chi connectivity index (χ2v) is 12.1. The maximum atomic E-state index is 13.6. The van der Waals surface area contributed by atoms with Crippen molar-refractivity contribution in [2.24, 2.45) is 0 Å². The van der Waals surface area contributed by atoms with Crippen molar-refractivity contribution in [2.45, 2.75) is 23.8 Å². The van der Waals surface area contributed by atoms with Gasteiger partial charge in [0.15, 0.2) is 5.13 Å². The fraction of sp³-hybridized carbons (Fsp3) is 0.440. The van der Waals surface area contributed by atoms with Crippen molar-refractivity contribution in [3.63, 3.8) is 0 Å². The molecule has 0 aliphatic carbocycles. The van der Waals surface area contributed by atoms with Crippen LogP contribution in [-0.2, 0) is 14.8 Å². The first-order valence-electron chi connectivity index (χ1n) is 11.8. The summed E-state index contributed by atoms with van der Waals surface area (Å²) in [5.74, 6) is 0.464. The van der Waals surface area contributed by atoms with Crippen LogP contribution in [0.1, 0.15) is 23.2 Å². The Labute approximate surface area is 216 Å². The zero-order chi connectivity index (χ0) is 25.9. The second kappa shape index (κ2) is 11.2. The highest BCUT2D eigenvalue weighted by atomic mass is 32.2. The predicted octanol–water partition coefficient (Wildman–Crippen LogP) is 3.31. The lowest BCUT2D eigenvalue weighted by Gasteiger charge is -2.22. The van der Waals surface area contributed by atoms with Gasteiger partial charge < -0.3 is 14.4 Å². The smallest absolute Gasteiger partial charge is 0.260 e. The molecule has 1 aromatic heterocycles. The summed E-state index contributed by atoms with van der Waals surface area (Å²) in [5, 5.41) is 0.582. The van der Waals surface area contributed by atoms with E-state index < -0.39 is 10.0 Å². The molecule has 0 spiro atoms. The average molecular weight is 533 g/mol. The molecule has 194 valence electrons. The lowest BCUT2D eigenvalue weighted by molar-refractivity contribution is 0.0978. The molecule has 0 radical (unpaired) electrons. The van der Waals surface area contributed by atoms with Crippen LogP contribution in [-0.4, -0.2) is 89.1 Å². The summed E-state index contributed by atoms with van der Waals surface area (Å²) in [6.07, 6.45) is 1.72. The standard InChI is InChI=1S/C25H32N4O5S2/c1-27(2)13-14-29(25-26-22-16-19(33-4)9-12-23(22)35-25)24(30)18-7-10-21(11-8-18)36(31,32)28(3)17-20-6-5-15-34-20/h7-12,16,20H,5-6,13-15,17H2,1-4H3. The lowest BCUT2D eigenvalue weighted by atomic mass is 10.2. The van der Waals surface area contributed by atoms with Gasteiger partial charge in [0.05, 0.1) is 28.3 Å². The number of carbonyl (C=O) groups is 1. The van der Waals surface area contributed by atoms with E-state index in [0.717, 1.165) is 23.1 Å². The number of hydrogen-bond acceptors (Lipinski definition) is 8. The Morgan fingerprint density at radius 2 is 1.89 bits per heavy atom. The molecule has 0 saturated carbocycles. The van der Waals surface area contributed by atoms with Gasteiger partial charge in [-0.2, -0.15) is 4.31 Å². The average Bonchev–Trinajstić information content (AvgIpc) is 3.53. The molecular formula is C25H32N4O5S2. The minimum atomic E-state index is -3.69. The number of likely N-dealkylation sites (N-methyl/N-ethyl adjacent to an activating group) is 2. The first-order chi connectivity index (χ1) is 17.2. The third-order valence-corrected chi connectivity index (χ3v) is 9.02. The molecular weight excluding hydrogens is 500 g/mol. The monoisotopic (exact) mass is 532 g/mol. The third-order valence-electron chi connectivity index (χ3n) is 6.12. The number of ether oxygens (including phenoxy) is 2. The predicted molar refractivity (Wildman–Crippen MR) is 142 cm³/mol. The fourth-order valence-corrected chi connectivity index (χ4v) is 6.17. The Balaban J connectivity index is 1.57. The van der Waals surface area contributed by atoms with E-state index in [1.807, 2.05) is 37.2 Å². The van der Waals surface area contributed by atoms with Gasteiger partial charge in [0.1, 0.15) is 5.75 Å². The molecule has 11 heteroatoms. The number of fused-ring (bicyclic) bond motifs is 1. The Morgan fingerprint density at radius 1 is 1.14 bits per heavy atom. The van der Waals surface area contributed by atoms with Gasteiger partial charge in [-0.05, 0) is 63.3 Å². The Morgan fingerprint density at radius 3 is 2.53 bits per heavy atom. The van der Waals surface area contributed by atoms with Gasteiger partial charge in [-0.25, -0.2) is 13.4 Å². The zero-order valence-electron chi connectivity index (χ0n) is 21.0. The summed E-state index contributed by atoms with van der Waals surface area (Å²) in [4.78, 5) is 22.0. The van der Waals surface area contributed by atoms with Gasteiger partial charge >= 0.3 is 0 Å². The number of benzene rings is 2. The van der Waals surface area contributed by atoms with Gasteiger partial charge in [0.2, 0.25) is 10.0 Å². The summed E-state index contributed by atoms with van der Waals surface area (Å²) in [7, 11) is 3.36. The molecule has 1 aliphatic heterocycles. The van der Waals surface area contributed by atoms with Gasteiger partial charge in [0.25, 0.3) is 5.91 Å². The number of hydrogen-bond donors (Lipinski definition) is 0. The van der Waals surface area contributed by atoms with Crippen LogP contribution in [0.4, 0.5) is 5.13 Å². The highest BCUT2D eigenvalue weighted by Gasteiger charge is 2.27. The van der Waals surface area contributed by atoms with E-state index in [1.165, 1.54) is 27.8 Å². The molecule has 2 heterocycles. The molecule has 36 heavy (non-hydrogen) atoms. The minimum absolute atomic E-state index is 0.0790. The maximum absolute atomic E-state index is 13.6. The Hall–Kier alpha value is -2.57. The molecule has 1 aliphatic rings. The summed E-state index contributed by atoms with van der Waals surface area (Å²) in [6, 6.07) is 11.7. The number of thiazole rings is 1. The number of methoxy groups -OCH3 is 1. The number of nitrogens with zero attached hydrogens (tertiary/aromatic N) is 4.